The lowest BCUT2D eigenvalue weighted by Gasteiger charge is -2.37. The van der Waals surface area contributed by atoms with Crippen molar-refractivity contribution in [3.05, 3.63) is 80.6 Å². The summed E-state index contributed by atoms with van der Waals surface area (Å²) in [5.74, 6) is -0.366. The van der Waals surface area contributed by atoms with E-state index in [-0.39, 0.29) is 38.5 Å². The lowest BCUT2D eigenvalue weighted by atomic mass is 10.1. The Morgan fingerprint density at radius 1 is 0.850 bits per heavy atom. The van der Waals surface area contributed by atoms with Crippen LogP contribution in [0.3, 0.4) is 0 Å². The van der Waals surface area contributed by atoms with Crippen LogP contribution in [0.4, 0.5) is 22.7 Å². The second-order valence-corrected chi connectivity index (χ2v) is 9.59. The fourth-order valence-corrected chi connectivity index (χ4v) is 5.05. The predicted molar refractivity (Wildman–Crippen MR) is 151 cm³/mol. The van der Waals surface area contributed by atoms with E-state index in [9.17, 15) is 25.0 Å². The van der Waals surface area contributed by atoms with Gasteiger partial charge < -0.3 is 23.9 Å². The van der Waals surface area contributed by atoms with Crippen LogP contribution in [0, 0.1) is 20.2 Å². The molecule has 0 atom stereocenters. The molecule has 0 unspecified atom stereocenters. The second kappa shape index (κ2) is 11.7. The number of nitro groups is 2. The molecule has 3 heterocycles. The van der Waals surface area contributed by atoms with Gasteiger partial charge in [-0.1, -0.05) is 12.1 Å². The fourth-order valence-electron chi connectivity index (χ4n) is 4.77. The molecule has 208 valence electrons. The van der Waals surface area contributed by atoms with Crippen LogP contribution in [0.15, 0.2) is 59.0 Å². The number of carbonyl (C=O) groups is 1. The molecule has 3 aromatic rings. The van der Waals surface area contributed by atoms with Gasteiger partial charge in [0.05, 0.1) is 28.6 Å². The van der Waals surface area contributed by atoms with E-state index in [4.69, 9.17) is 21.4 Å². The molecule has 2 aromatic carbocycles. The van der Waals surface area contributed by atoms with Crippen molar-refractivity contribution in [2.24, 2.45) is 0 Å². The maximum atomic E-state index is 12.8. The zero-order chi connectivity index (χ0) is 28.2. The standard InChI is InChI=1S/C26H26N6O7S/c33-25(24-8-7-23(39-24)19-3-1-2-4-20(19)31(34)35)27-26(40)30-11-9-28(10-12-30)18-5-6-21(32(36)37)22(17-18)29-13-15-38-16-14-29/h1-8,17H,9-16H2,(H,27,33,40). The average molecular weight is 567 g/mol. The van der Waals surface area contributed by atoms with Gasteiger partial charge in [0.2, 0.25) is 0 Å². The van der Waals surface area contributed by atoms with Crippen LogP contribution in [-0.4, -0.2) is 78.2 Å². The highest BCUT2D eigenvalue weighted by Crippen LogP contribution is 2.34. The third-order valence-corrected chi connectivity index (χ3v) is 7.22. The fraction of sp³-hybridized carbons (Fsp3) is 0.308. The van der Waals surface area contributed by atoms with Crippen molar-refractivity contribution in [3.63, 3.8) is 0 Å². The van der Waals surface area contributed by atoms with E-state index in [0.29, 0.717) is 58.2 Å². The van der Waals surface area contributed by atoms with Gasteiger partial charge in [-0.15, -0.1) is 0 Å². The normalized spacial score (nSPS) is 15.6. The zero-order valence-electron chi connectivity index (χ0n) is 21.4. The molecule has 0 radical (unpaired) electrons. The number of hydrogen-bond acceptors (Lipinski definition) is 10. The van der Waals surface area contributed by atoms with Crippen LogP contribution in [-0.2, 0) is 4.74 Å². The topological polar surface area (TPSA) is 147 Å². The first-order chi connectivity index (χ1) is 19.3. The summed E-state index contributed by atoms with van der Waals surface area (Å²) < 4.78 is 11.0. The Kier molecular flexibility index (Phi) is 7.89. The summed E-state index contributed by atoms with van der Waals surface area (Å²) in [4.78, 5) is 40.8. The Morgan fingerprint density at radius 2 is 1.55 bits per heavy atom. The maximum absolute atomic E-state index is 12.8. The van der Waals surface area contributed by atoms with E-state index in [2.05, 4.69) is 10.2 Å². The van der Waals surface area contributed by atoms with Crippen LogP contribution < -0.4 is 15.1 Å². The van der Waals surface area contributed by atoms with Gasteiger partial charge in [0, 0.05) is 57.1 Å². The quantitative estimate of drug-likeness (QED) is 0.266. The van der Waals surface area contributed by atoms with Gasteiger partial charge in [-0.25, -0.2) is 0 Å². The van der Waals surface area contributed by atoms with Crippen LogP contribution in [0.1, 0.15) is 10.6 Å². The number of nitro benzene ring substituents is 2. The number of anilines is 2. The highest BCUT2D eigenvalue weighted by atomic mass is 32.1. The molecular weight excluding hydrogens is 540 g/mol. The largest absolute Gasteiger partial charge is 0.451 e. The number of para-hydroxylation sites is 1. The van der Waals surface area contributed by atoms with Crippen molar-refractivity contribution in [2.45, 2.75) is 0 Å². The number of ether oxygens (including phenoxy) is 1. The number of amides is 1. The molecule has 5 rings (SSSR count). The van der Waals surface area contributed by atoms with E-state index in [1.807, 2.05) is 15.9 Å². The van der Waals surface area contributed by atoms with Crippen LogP contribution >= 0.6 is 12.2 Å². The molecule has 1 aromatic heterocycles. The molecule has 1 N–H and O–H groups in total. The molecule has 0 aliphatic carbocycles. The number of carbonyl (C=O) groups excluding carboxylic acids is 1. The summed E-state index contributed by atoms with van der Waals surface area (Å²) >= 11 is 5.46. The Morgan fingerprint density at radius 3 is 2.25 bits per heavy atom. The molecule has 0 bridgehead atoms. The first-order valence-electron chi connectivity index (χ1n) is 12.6. The molecule has 2 aliphatic rings. The van der Waals surface area contributed by atoms with E-state index < -0.39 is 10.8 Å². The SMILES string of the molecule is O=C(NC(=S)N1CCN(c2ccc([N+](=O)[O-])c(N3CCOCC3)c2)CC1)c1ccc(-c2ccccc2[N+](=O)[O-])o1. The minimum Gasteiger partial charge on any atom is -0.451 e. The third-order valence-electron chi connectivity index (χ3n) is 6.86. The van der Waals surface area contributed by atoms with Crippen LogP contribution in [0.25, 0.3) is 11.3 Å². The van der Waals surface area contributed by atoms with Crippen molar-refractivity contribution < 1.29 is 23.8 Å². The molecule has 2 saturated heterocycles. The van der Waals surface area contributed by atoms with E-state index >= 15 is 0 Å². The van der Waals surface area contributed by atoms with Gasteiger partial charge in [-0.3, -0.25) is 30.3 Å². The van der Waals surface area contributed by atoms with Crippen molar-refractivity contribution in [1.82, 2.24) is 10.2 Å². The summed E-state index contributed by atoms with van der Waals surface area (Å²) in [5, 5.41) is 25.9. The summed E-state index contributed by atoms with van der Waals surface area (Å²) in [6.07, 6.45) is 0. The second-order valence-electron chi connectivity index (χ2n) is 9.20. The number of thiocarbonyl (C=S) groups is 1. The molecule has 0 saturated carbocycles. The first kappa shape index (κ1) is 27.0. The van der Waals surface area contributed by atoms with Crippen molar-refractivity contribution in [3.8, 4) is 11.3 Å². The van der Waals surface area contributed by atoms with Gasteiger partial charge in [0.1, 0.15) is 11.4 Å². The summed E-state index contributed by atoms with van der Waals surface area (Å²) in [7, 11) is 0. The Labute approximate surface area is 234 Å². The average Bonchev–Trinajstić information content (AvgIpc) is 3.48. The van der Waals surface area contributed by atoms with Crippen molar-refractivity contribution >= 4 is 46.0 Å². The number of benzene rings is 2. The van der Waals surface area contributed by atoms with Gasteiger partial charge in [-0.05, 0) is 42.5 Å². The minimum absolute atomic E-state index is 0.0179. The number of piperazine rings is 1. The number of rotatable bonds is 6. The molecule has 2 aliphatic heterocycles. The molecule has 1 amide bonds. The molecular formula is C26H26N6O7S. The number of hydrogen-bond donors (Lipinski definition) is 1. The summed E-state index contributed by atoms with van der Waals surface area (Å²) in [6.45, 7) is 4.48. The number of nitrogens with one attached hydrogen (secondary N) is 1. The van der Waals surface area contributed by atoms with E-state index in [1.165, 1.54) is 18.2 Å². The Balaban J connectivity index is 1.20. The third kappa shape index (κ3) is 5.72. The molecule has 14 heteroatoms. The van der Waals surface area contributed by atoms with Crippen molar-refractivity contribution in [2.75, 3.05) is 62.3 Å². The number of nitrogens with zero attached hydrogens (tertiary/aromatic N) is 5. The summed E-state index contributed by atoms with van der Waals surface area (Å²) in [5.41, 5.74) is 1.67. The Bertz CT molecular complexity index is 1450. The van der Waals surface area contributed by atoms with Crippen molar-refractivity contribution in [1.29, 1.82) is 0 Å². The molecule has 13 nitrogen and oxygen atoms in total. The molecule has 0 spiro atoms. The highest BCUT2D eigenvalue weighted by Gasteiger charge is 2.26. The maximum Gasteiger partial charge on any atom is 0.293 e. The van der Waals surface area contributed by atoms with Gasteiger partial charge in [0.25, 0.3) is 17.3 Å². The van der Waals surface area contributed by atoms with Gasteiger partial charge in [0.15, 0.2) is 10.9 Å². The van der Waals surface area contributed by atoms with E-state index in [0.717, 1.165) is 5.69 Å². The summed E-state index contributed by atoms with van der Waals surface area (Å²) in [6, 6.07) is 14.2. The van der Waals surface area contributed by atoms with Crippen LogP contribution in [0.2, 0.25) is 0 Å². The lowest BCUT2D eigenvalue weighted by molar-refractivity contribution is -0.384. The molecule has 2 fully saturated rings. The smallest absolute Gasteiger partial charge is 0.293 e. The van der Waals surface area contributed by atoms with E-state index in [1.54, 1.807) is 30.3 Å². The lowest BCUT2D eigenvalue weighted by Crippen LogP contribution is -2.52. The number of furan rings is 1. The van der Waals surface area contributed by atoms with Gasteiger partial charge in [-0.2, -0.15) is 0 Å². The zero-order valence-corrected chi connectivity index (χ0v) is 22.2. The Hall–Kier alpha value is -4.56. The van der Waals surface area contributed by atoms with Crippen LogP contribution in [0.5, 0.6) is 0 Å². The first-order valence-corrected chi connectivity index (χ1v) is 13.0. The monoisotopic (exact) mass is 566 g/mol. The minimum atomic E-state index is -0.553. The number of morpholine rings is 1. The molecule has 40 heavy (non-hydrogen) atoms. The highest BCUT2D eigenvalue weighted by molar-refractivity contribution is 7.80. The predicted octanol–water partition coefficient (Wildman–Crippen LogP) is 3.44. The van der Waals surface area contributed by atoms with Gasteiger partial charge >= 0.3 is 0 Å².